The Balaban J connectivity index is 1.57. The first-order valence-electron chi connectivity index (χ1n) is 9.26. The monoisotopic (exact) mass is 497 g/mol. The molecule has 0 spiro atoms. The van der Waals surface area contributed by atoms with Crippen molar-refractivity contribution in [3.05, 3.63) is 86.4 Å². The number of carboxylic acid groups (broad SMARTS) is 1. The molecule has 1 aromatic heterocycles. The lowest BCUT2D eigenvalue weighted by molar-refractivity contribution is -0.123. The summed E-state index contributed by atoms with van der Waals surface area (Å²) in [5.74, 6) is -0.507. The Hall–Kier alpha value is -3.10. The Morgan fingerprint density at radius 1 is 1.16 bits per heavy atom. The summed E-state index contributed by atoms with van der Waals surface area (Å²) in [5.41, 5.74) is 2.52. The van der Waals surface area contributed by atoms with E-state index in [2.05, 4.69) is 15.9 Å². The van der Waals surface area contributed by atoms with Crippen LogP contribution in [0.4, 0.5) is 4.79 Å². The van der Waals surface area contributed by atoms with Gasteiger partial charge in [-0.15, -0.1) is 0 Å². The van der Waals surface area contributed by atoms with Crippen LogP contribution >= 0.6 is 27.7 Å². The Morgan fingerprint density at radius 3 is 2.71 bits per heavy atom. The first-order chi connectivity index (χ1) is 14.8. The molecule has 1 N–H and O–H groups in total. The van der Waals surface area contributed by atoms with Gasteiger partial charge in [0.1, 0.15) is 11.5 Å². The molecule has 1 aliphatic heterocycles. The molecule has 8 heteroatoms. The van der Waals surface area contributed by atoms with Gasteiger partial charge in [-0.3, -0.25) is 14.5 Å². The number of nitrogens with zero attached hydrogens (tertiary/aromatic N) is 1. The molecule has 31 heavy (non-hydrogen) atoms. The lowest BCUT2D eigenvalue weighted by Gasteiger charge is -2.12. The lowest BCUT2D eigenvalue weighted by atomic mass is 10.0. The van der Waals surface area contributed by atoms with Gasteiger partial charge in [-0.25, -0.2) is 4.79 Å². The Labute approximate surface area is 190 Å². The summed E-state index contributed by atoms with van der Waals surface area (Å²) in [7, 11) is 0. The van der Waals surface area contributed by atoms with Crippen molar-refractivity contribution in [2.75, 3.05) is 0 Å². The summed E-state index contributed by atoms with van der Waals surface area (Å²) < 4.78 is 6.70. The van der Waals surface area contributed by atoms with Crippen LogP contribution in [0, 0.1) is 6.92 Å². The number of rotatable bonds is 5. The highest BCUT2D eigenvalue weighted by Crippen LogP contribution is 2.35. The second-order valence-corrected chi connectivity index (χ2v) is 8.84. The Morgan fingerprint density at radius 2 is 1.97 bits per heavy atom. The second-order valence-electron chi connectivity index (χ2n) is 6.93. The molecule has 1 aliphatic rings. The van der Waals surface area contributed by atoms with E-state index in [1.165, 1.54) is 17.0 Å². The van der Waals surface area contributed by atoms with Crippen molar-refractivity contribution in [3.8, 4) is 11.3 Å². The maximum Gasteiger partial charge on any atom is 0.335 e. The van der Waals surface area contributed by atoms with Crippen molar-refractivity contribution in [1.82, 2.24) is 4.90 Å². The van der Waals surface area contributed by atoms with Gasteiger partial charge in [-0.1, -0.05) is 34.1 Å². The van der Waals surface area contributed by atoms with Crippen LogP contribution in [0.5, 0.6) is 0 Å². The van der Waals surface area contributed by atoms with Crippen LogP contribution in [0.25, 0.3) is 17.4 Å². The minimum atomic E-state index is -1.02. The molecule has 0 radical (unpaired) electrons. The molecule has 3 aromatic rings. The van der Waals surface area contributed by atoms with Gasteiger partial charge in [-0.05, 0) is 66.2 Å². The number of hydrogen-bond donors (Lipinski definition) is 1. The number of halogens is 1. The molecule has 156 valence electrons. The van der Waals surface area contributed by atoms with Gasteiger partial charge in [0.15, 0.2) is 0 Å². The normalized spacial score (nSPS) is 15.2. The minimum absolute atomic E-state index is 0.159. The van der Waals surface area contributed by atoms with Crippen molar-refractivity contribution < 1.29 is 23.9 Å². The first-order valence-corrected chi connectivity index (χ1v) is 10.9. The predicted molar refractivity (Wildman–Crippen MR) is 121 cm³/mol. The zero-order chi connectivity index (χ0) is 22.1. The Kier molecular flexibility index (Phi) is 5.84. The number of carboxylic acids is 1. The number of furan rings is 1. The molecule has 2 aromatic carbocycles. The van der Waals surface area contributed by atoms with Gasteiger partial charge < -0.3 is 9.52 Å². The molecule has 0 bridgehead atoms. The maximum atomic E-state index is 12.8. The Bertz CT molecular complexity index is 1250. The van der Waals surface area contributed by atoms with Gasteiger partial charge in [0, 0.05) is 16.1 Å². The van der Waals surface area contributed by atoms with E-state index in [4.69, 9.17) is 4.42 Å². The number of aromatic carboxylic acids is 1. The molecule has 0 unspecified atom stereocenters. The number of carbonyl (C=O) groups is 3. The zero-order valence-corrected chi connectivity index (χ0v) is 18.7. The number of amides is 2. The van der Waals surface area contributed by atoms with Crippen LogP contribution < -0.4 is 0 Å². The van der Waals surface area contributed by atoms with E-state index in [-0.39, 0.29) is 28.2 Å². The average Bonchev–Trinajstić information content (AvgIpc) is 3.28. The van der Waals surface area contributed by atoms with Crippen LogP contribution in [-0.2, 0) is 11.3 Å². The van der Waals surface area contributed by atoms with E-state index < -0.39 is 5.97 Å². The van der Waals surface area contributed by atoms with Crippen molar-refractivity contribution in [1.29, 1.82) is 0 Å². The minimum Gasteiger partial charge on any atom is -0.478 e. The first kappa shape index (κ1) is 21.1. The highest BCUT2D eigenvalue weighted by molar-refractivity contribution is 9.10. The van der Waals surface area contributed by atoms with Crippen molar-refractivity contribution >= 4 is 50.9 Å². The molecule has 0 atom stereocenters. The molecular formula is C23H16BrNO5S. The number of carbonyl (C=O) groups excluding carboxylic acids is 2. The number of aryl methyl sites for hydroxylation is 1. The van der Waals surface area contributed by atoms with Crippen LogP contribution in [0.1, 0.15) is 27.2 Å². The molecule has 0 aliphatic carbocycles. The van der Waals surface area contributed by atoms with Crippen LogP contribution in [0.2, 0.25) is 0 Å². The van der Waals surface area contributed by atoms with E-state index in [9.17, 15) is 19.5 Å². The molecule has 6 nitrogen and oxygen atoms in total. The fourth-order valence-corrected chi connectivity index (χ4v) is 4.44. The van der Waals surface area contributed by atoms with Gasteiger partial charge in [0.25, 0.3) is 11.1 Å². The molecule has 1 saturated heterocycles. The topological polar surface area (TPSA) is 87.8 Å². The third-order valence-electron chi connectivity index (χ3n) is 4.75. The van der Waals surface area contributed by atoms with Crippen molar-refractivity contribution in [2.45, 2.75) is 13.5 Å². The lowest BCUT2D eigenvalue weighted by Crippen LogP contribution is -2.27. The fraction of sp³-hybridized carbons (Fsp3) is 0.0870. The fourth-order valence-electron chi connectivity index (χ4n) is 3.18. The molecule has 4 rings (SSSR count). The highest BCUT2D eigenvalue weighted by atomic mass is 79.9. The largest absolute Gasteiger partial charge is 0.478 e. The number of thioether (sulfide) groups is 1. The van der Waals surface area contributed by atoms with E-state index in [0.29, 0.717) is 17.1 Å². The molecule has 2 amide bonds. The number of benzene rings is 2. The second kappa shape index (κ2) is 8.56. The third kappa shape index (κ3) is 4.50. The van der Waals surface area contributed by atoms with E-state index in [1.54, 1.807) is 24.3 Å². The summed E-state index contributed by atoms with van der Waals surface area (Å²) in [6.45, 7) is 2.04. The third-order valence-corrected chi connectivity index (χ3v) is 6.15. The van der Waals surface area contributed by atoms with E-state index in [1.807, 2.05) is 31.2 Å². The smallest absolute Gasteiger partial charge is 0.335 e. The van der Waals surface area contributed by atoms with Crippen LogP contribution in [-0.4, -0.2) is 27.1 Å². The van der Waals surface area contributed by atoms with E-state index in [0.717, 1.165) is 27.4 Å². The number of imide groups is 1. The van der Waals surface area contributed by atoms with Gasteiger partial charge in [0.05, 0.1) is 17.0 Å². The summed E-state index contributed by atoms with van der Waals surface area (Å²) in [6.07, 6.45) is 1.53. The molecular weight excluding hydrogens is 482 g/mol. The van der Waals surface area contributed by atoms with Gasteiger partial charge in [-0.2, -0.15) is 0 Å². The van der Waals surface area contributed by atoms with Crippen LogP contribution in [0.15, 0.2) is 68.4 Å². The zero-order valence-electron chi connectivity index (χ0n) is 16.3. The standard InChI is InChI=1S/C23H16BrNO5S/c1-13-5-6-15(22(27)28)10-18(13)19-8-7-17(30-19)11-20-21(26)25(23(29)31-20)12-14-3-2-4-16(24)9-14/h2-11H,12H2,1H3,(H,27,28)/b20-11+. The quantitative estimate of drug-likeness (QED) is 0.438. The van der Waals surface area contributed by atoms with Crippen molar-refractivity contribution in [2.24, 2.45) is 0 Å². The average molecular weight is 498 g/mol. The number of hydrogen-bond acceptors (Lipinski definition) is 5. The van der Waals surface area contributed by atoms with Gasteiger partial charge >= 0.3 is 5.97 Å². The van der Waals surface area contributed by atoms with Crippen molar-refractivity contribution in [3.63, 3.8) is 0 Å². The summed E-state index contributed by atoms with van der Waals surface area (Å²) in [5, 5.41) is 8.88. The predicted octanol–water partition coefficient (Wildman–Crippen LogP) is 5.95. The maximum absolute atomic E-state index is 12.8. The highest BCUT2D eigenvalue weighted by Gasteiger charge is 2.35. The summed E-state index contributed by atoms with van der Waals surface area (Å²) in [4.78, 5) is 37.9. The van der Waals surface area contributed by atoms with E-state index >= 15 is 0 Å². The SMILES string of the molecule is Cc1ccc(C(=O)O)cc1-c1ccc(/C=C2/SC(=O)N(Cc3cccc(Br)c3)C2=O)o1. The summed E-state index contributed by atoms with van der Waals surface area (Å²) >= 11 is 4.25. The molecule has 2 heterocycles. The van der Waals surface area contributed by atoms with Crippen LogP contribution in [0.3, 0.4) is 0 Å². The molecule has 0 saturated carbocycles. The molecule has 1 fully saturated rings. The summed E-state index contributed by atoms with van der Waals surface area (Å²) in [6, 6.07) is 15.6. The van der Waals surface area contributed by atoms with Gasteiger partial charge in [0.2, 0.25) is 0 Å².